The van der Waals surface area contributed by atoms with Crippen LogP contribution in [0.4, 0.5) is 0 Å². The van der Waals surface area contributed by atoms with Crippen molar-refractivity contribution in [1.82, 2.24) is 5.32 Å². The van der Waals surface area contributed by atoms with Gasteiger partial charge in [-0.1, -0.05) is 57.9 Å². The molecule has 25 heavy (non-hydrogen) atoms. The van der Waals surface area contributed by atoms with Crippen molar-refractivity contribution in [3.8, 4) is 0 Å². The van der Waals surface area contributed by atoms with Gasteiger partial charge in [-0.25, -0.2) is 0 Å². The minimum Gasteiger partial charge on any atom is -0.395 e. The molecule has 1 aliphatic carbocycles. The molecule has 0 unspecified atom stereocenters. The first kappa shape index (κ1) is 17.9. The Morgan fingerprint density at radius 2 is 1.96 bits per heavy atom. The van der Waals surface area contributed by atoms with Crippen molar-refractivity contribution in [2.45, 2.75) is 6.42 Å². The first-order chi connectivity index (χ1) is 12.1. The van der Waals surface area contributed by atoms with Crippen LogP contribution in [0.1, 0.15) is 16.7 Å². The fourth-order valence-electron chi connectivity index (χ4n) is 2.86. The molecule has 1 aliphatic rings. The summed E-state index contributed by atoms with van der Waals surface area (Å²) in [7, 11) is 0. The number of benzene rings is 2. The molecule has 0 saturated carbocycles. The molecule has 0 fully saturated rings. The predicted octanol–water partition coefficient (Wildman–Crippen LogP) is 4.23. The molecule has 3 rings (SSSR count). The summed E-state index contributed by atoms with van der Waals surface area (Å²) in [6.07, 6.45) is 4.65. The highest BCUT2D eigenvalue weighted by Gasteiger charge is 2.25. The zero-order valence-corrected chi connectivity index (χ0v) is 15.8. The van der Waals surface area contributed by atoms with E-state index in [2.05, 4.69) is 21.2 Å². The van der Waals surface area contributed by atoms with Gasteiger partial charge < -0.3 is 10.4 Å². The lowest BCUT2D eigenvalue weighted by Crippen LogP contribution is -2.27. The second-order valence-corrected chi connectivity index (χ2v) is 7.09. The maximum absolute atomic E-state index is 12.6. The Morgan fingerprint density at radius 1 is 1.20 bits per heavy atom. The van der Waals surface area contributed by atoms with E-state index in [1.54, 1.807) is 0 Å². The van der Waals surface area contributed by atoms with Crippen LogP contribution < -0.4 is 5.32 Å². The summed E-state index contributed by atoms with van der Waals surface area (Å²) in [5.41, 5.74) is 4.69. The van der Waals surface area contributed by atoms with Gasteiger partial charge in [-0.2, -0.15) is 0 Å². The Labute approximate surface area is 160 Å². The zero-order valence-electron chi connectivity index (χ0n) is 13.4. The summed E-state index contributed by atoms with van der Waals surface area (Å²) < 4.78 is 0.990. The van der Waals surface area contributed by atoms with Crippen LogP contribution in [0.2, 0.25) is 5.02 Å². The highest BCUT2D eigenvalue weighted by Crippen LogP contribution is 2.35. The van der Waals surface area contributed by atoms with Gasteiger partial charge in [0, 0.05) is 16.0 Å². The number of carbonyl (C=O) groups is 1. The molecule has 3 nitrogen and oxygen atoms in total. The number of aliphatic hydroxyl groups is 1. The summed E-state index contributed by atoms with van der Waals surface area (Å²) in [5, 5.41) is 12.4. The minimum atomic E-state index is -0.161. The van der Waals surface area contributed by atoms with E-state index >= 15 is 0 Å². The number of carbonyl (C=O) groups excluding carboxylic acids is 1. The van der Waals surface area contributed by atoms with Crippen LogP contribution in [0.3, 0.4) is 0 Å². The SMILES string of the molecule is O=C(NCCO)C1=C(/C=C/c2ccc(Cl)cc2)Cc2cc(Br)ccc21. The van der Waals surface area contributed by atoms with E-state index in [9.17, 15) is 4.79 Å². The van der Waals surface area contributed by atoms with Gasteiger partial charge in [0.1, 0.15) is 0 Å². The van der Waals surface area contributed by atoms with Crippen LogP contribution in [0.25, 0.3) is 11.6 Å². The van der Waals surface area contributed by atoms with E-state index < -0.39 is 0 Å². The molecular weight excluding hydrogens is 402 g/mol. The second-order valence-electron chi connectivity index (χ2n) is 5.74. The van der Waals surface area contributed by atoms with E-state index in [1.165, 1.54) is 0 Å². The third kappa shape index (κ3) is 4.21. The Bertz CT molecular complexity index is 856. The van der Waals surface area contributed by atoms with Crippen molar-refractivity contribution in [3.05, 3.63) is 80.3 Å². The standard InChI is InChI=1S/C20H17BrClNO2/c21-16-5-8-18-15(12-16)11-14(19(18)20(25)23-9-10-24)4-1-13-2-6-17(22)7-3-13/h1-8,12,24H,9-11H2,(H,23,25)/b4-1+. The number of hydrogen-bond donors (Lipinski definition) is 2. The predicted molar refractivity (Wildman–Crippen MR) is 105 cm³/mol. The highest BCUT2D eigenvalue weighted by atomic mass is 79.9. The molecule has 0 aliphatic heterocycles. The second kappa shape index (κ2) is 8.00. The van der Waals surface area contributed by atoms with Crippen molar-refractivity contribution in [1.29, 1.82) is 0 Å². The minimum absolute atomic E-state index is 0.0812. The molecule has 2 N–H and O–H groups in total. The molecule has 128 valence electrons. The molecular formula is C20H17BrClNO2. The highest BCUT2D eigenvalue weighted by molar-refractivity contribution is 9.10. The van der Waals surface area contributed by atoms with Gasteiger partial charge in [0.15, 0.2) is 0 Å². The molecule has 0 heterocycles. The topological polar surface area (TPSA) is 49.3 Å². The number of halogens is 2. The van der Waals surface area contributed by atoms with E-state index in [-0.39, 0.29) is 19.1 Å². The van der Waals surface area contributed by atoms with Gasteiger partial charge in [0.25, 0.3) is 5.91 Å². The molecule has 1 amide bonds. The maximum Gasteiger partial charge on any atom is 0.252 e. The van der Waals surface area contributed by atoms with Gasteiger partial charge in [-0.15, -0.1) is 0 Å². The van der Waals surface area contributed by atoms with Crippen LogP contribution >= 0.6 is 27.5 Å². The van der Waals surface area contributed by atoms with E-state index in [0.29, 0.717) is 17.0 Å². The number of hydrogen-bond acceptors (Lipinski definition) is 2. The Hall–Kier alpha value is -1.88. The number of fused-ring (bicyclic) bond motifs is 1. The van der Waals surface area contributed by atoms with Crippen molar-refractivity contribution < 1.29 is 9.90 Å². The average molecular weight is 419 g/mol. The fourth-order valence-corrected chi connectivity index (χ4v) is 3.39. The van der Waals surface area contributed by atoms with Crippen molar-refractivity contribution in [2.24, 2.45) is 0 Å². The first-order valence-corrected chi connectivity index (χ1v) is 9.10. The van der Waals surface area contributed by atoms with Gasteiger partial charge in [-0.05, 0) is 52.9 Å². The lowest BCUT2D eigenvalue weighted by Gasteiger charge is -2.08. The number of allylic oxidation sites excluding steroid dienone is 2. The quantitative estimate of drug-likeness (QED) is 0.763. The zero-order chi connectivity index (χ0) is 17.8. The maximum atomic E-state index is 12.6. The summed E-state index contributed by atoms with van der Waals surface area (Å²) in [5.74, 6) is -0.161. The molecule has 5 heteroatoms. The molecule has 0 spiro atoms. The van der Waals surface area contributed by atoms with Crippen LogP contribution in [0, 0.1) is 0 Å². The summed E-state index contributed by atoms with van der Waals surface area (Å²) in [6.45, 7) is 0.157. The third-order valence-electron chi connectivity index (χ3n) is 4.01. The van der Waals surface area contributed by atoms with E-state index in [4.69, 9.17) is 16.7 Å². The van der Waals surface area contributed by atoms with Gasteiger partial charge >= 0.3 is 0 Å². The largest absolute Gasteiger partial charge is 0.395 e. The molecule has 2 aromatic rings. The normalized spacial score (nSPS) is 13.4. The first-order valence-electron chi connectivity index (χ1n) is 7.93. The van der Waals surface area contributed by atoms with Crippen molar-refractivity contribution >= 4 is 45.1 Å². The van der Waals surface area contributed by atoms with Crippen LogP contribution in [0.15, 0.2) is 58.6 Å². The van der Waals surface area contributed by atoms with Crippen LogP contribution in [-0.4, -0.2) is 24.2 Å². The summed E-state index contributed by atoms with van der Waals surface area (Å²) in [4.78, 5) is 12.6. The van der Waals surface area contributed by atoms with E-state index in [1.807, 2.05) is 54.6 Å². The van der Waals surface area contributed by atoms with Crippen LogP contribution in [0.5, 0.6) is 0 Å². The average Bonchev–Trinajstić information content (AvgIpc) is 2.96. The molecule has 2 aromatic carbocycles. The molecule has 0 atom stereocenters. The van der Waals surface area contributed by atoms with Crippen molar-refractivity contribution in [3.63, 3.8) is 0 Å². The van der Waals surface area contributed by atoms with Gasteiger partial charge in [0.2, 0.25) is 0 Å². The number of nitrogens with one attached hydrogen (secondary N) is 1. The number of amides is 1. The summed E-state index contributed by atoms with van der Waals surface area (Å²) in [6, 6.07) is 13.5. The molecule has 0 saturated heterocycles. The van der Waals surface area contributed by atoms with Crippen LogP contribution in [-0.2, 0) is 11.2 Å². The molecule has 0 radical (unpaired) electrons. The number of aliphatic hydroxyl groups excluding tert-OH is 1. The third-order valence-corrected chi connectivity index (χ3v) is 4.76. The Morgan fingerprint density at radius 3 is 2.68 bits per heavy atom. The Kier molecular flexibility index (Phi) is 5.74. The Balaban J connectivity index is 1.95. The van der Waals surface area contributed by atoms with Gasteiger partial charge in [-0.3, -0.25) is 4.79 Å². The summed E-state index contributed by atoms with van der Waals surface area (Å²) >= 11 is 9.40. The lowest BCUT2D eigenvalue weighted by molar-refractivity contribution is -0.115. The molecule has 0 bridgehead atoms. The molecule has 0 aromatic heterocycles. The van der Waals surface area contributed by atoms with E-state index in [0.717, 1.165) is 26.7 Å². The monoisotopic (exact) mass is 417 g/mol. The number of rotatable bonds is 5. The fraction of sp³-hybridized carbons (Fsp3) is 0.150. The van der Waals surface area contributed by atoms with Gasteiger partial charge in [0.05, 0.1) is 12.2 Å². The lowest BCUT2D eigenvalue weighted by atomic mass is 10.0. The smallest absolute Gasteiger partial charge is 0.252 e. The van der Waals surface area contributed by atoms with Crippen molar-refractivity contribution in [2.75, 3.05) is 13.2 Å².